The molecular formula is C8H19BrOSi. The summed E-state index contributed by atoms with van der Waals surface area (Å²) in [5.74, 6) is 0.507. The van der Waals surface area contributed by atoms with Crippen LogP contribution >= 0.6 is 15.9 Å². The van der Waals surface area contributed by atoms with E-state index in [1.807, 2.05) is 0 Å². The van der Waals surface area contributed by atoms with E-state index in [0.29, 0.717) is 5.92 Å². The zero-order chi connectivity index (χ0) is 9.28. The number of hydrogen-bond acceptors (Lipinski definition) is 1. The van der Waals surface area contributed by atoms with E-state index < -0.39 is 0 Å². The third-order valence-electron chi connectivity index (χ3n) is 2.60. The first-order valence-corrected chi connectivity index (χ1v) is 5.57. The van der Waals surface area contributed by atoms with Crippen molar-refractivity contribution in [2.75, 3.05) is 0 Å². The largest absolute Gasteiger partial charge is 0.423 e. The highest BCUT2D eigenvalue weighted by Gasteiger charge is 2.35. The number of hydrogen-bond donors (Lipinski definition) is 0. The lowest BCUT2D eigenvalue weighted by Gasteiger charge is -2.38. The van der Waals surface area contributed by atoms with Gasteiger partial charge in [0.2, 0.25) is 0 Å². The van der Waals surface area contributed by atoms with Crippen LogP contribution in [0.3, 0.4) is 0 Å². The van der Waals surface area contributed by atoms with Crippen LogP contribution in [0.2, 0.25) is 0 Å². The molecule has 0 spiro atoms. The quantitative estimate of drug-likeness (QED) is 0.539. The van der Waals surface area contributed by atoms with Crippen LogP contribution in [0.15, 0.2) is 0 Å². The van der Waals surface area contributed by atoms with Crippen molar-refractivity contribution in [2.45, 2.75) is 44.5 Å². The number of alkyl halides is 1. The van der Waals surface area contributed by atoms with Crippen LogP contribution in [-0.2, 0) is 4.43 Å². The second-order valence-electron chi connectivity index (χ2n) is 4.09. The zero-order valence-corrected chi connectivity index (χ0v) is 11.9. The SMILES string of the molecule is CC(C(C)(C)Br)C(C)(C)O[SiH3]. The molecule has 0 heterocycles. The Hall–Kier alpha value is 0.657. The predicted octanol–water partition coefficient (Wildman–Crippen LogP) is 1.87. The van der Waals surface area contributed by atoms with Crippen molar-refractivity contribution in [2.24, 2.45) is 5.92 Å². The average Bonchev–Trinajstić information content (AvgIpc) is 1.84. The summed E-state index contributed by atoms with van der Waals surface area (Å²) in [5, 5.41) is 0. The van der Waals surface area contributed by atoms with Gasteiger partial charge in [0.15, 0.2) is 0 Å². The van der Waals surface area contributed by atoms with Crippen molar-refractivity contribution in [1.82, 2.24) is 0 Å². The van der Waals surface area contributed by atoms with E-state index >= 15 is 0 Å². The minimum absolute atomic E-state index is 0.000772. The highest BCUT2D eigenvalue weighted by molar-refractivity contribution is 9.10. The van der Waals surface area contributed by atoms with Gasteiger partial charge in [0.1, 0.15) is 10.5 Å². The number of rotatable bonds is 3. The molecule has 3 heteroatoms. The summed E-state index contributed by atoms with van der Waals surface area (Å²) in [5.41, 5.74) is -0.000772. The van der Waals surface area contributed by atoms with Crippen molar-refractivity contribution in [3.05, 3.63) is 0 Å². The van der Waals surface area contributed by atoms with Crippen LogP contribution < -0.4 is 0 Å². The van der Waals surface area contributed by atoms with Gasteiger partial charge in [-0.2, -0.15) is 0 Å². The Morgan fingerprint density at radius 2 is 1.64 bits per heavy atom. The summed E-state index contributed by atoms with van der Waals surface area (Å²) in [6.45, 7) is 10.9. The van der Waals surface area contributed by atoms with Crippen molar-refractivity contribution in [3.63, 3.8) is 0 Å². The lowest BCUT2D eigenvalue weighted by molar-refractivity contribution is 0.0488. The first-order valence-electron chi connectivity index (χ1n) is 3.96. The van der Waals surface area contributed by atoms with Crippen molar-refractivity contribution in [3.8, 4) is 0 Å². The van der Waals surface area contributed by atoms with Gasteiger partial charge in [-0.3, -0.25) is 0 Å². The summed E-state index contributed by atoms with van der Waals surface area (Å²) < 4.78 is 5.69. The van der Waals surface area contributed by atoms with Gasteiger partial charge in [-0.1, -0.05) is 22.9 Å². The molecule has 0 N–H and O–H groups in total. The maximum absolute atomic E-state index is 5.53. The van der Waals surface area contributed by atoms with Crippen LogP contribution in [0.1, 0.15) is 34.6 Å². The molecule has 0 aromatic rings. The first-order chi connectivity index (χ1) is 4.72. The Morgan fingerprint density at radius 1 is 1.27 bits per heavy atom. The first kappa shape index (κ1) is 11.7. The highest BCUT2D eigenvalue weighted by Crippen LogP contribution is 2.35. The minimum atomic E-state index is -0.000772. The Labute approximate surface area is 81.6 Å². The molecular weight excluding hydrogens is 220 g/mol. The van der Waals surface area contributed by atoms with Gasteiger partial charge in [0.25, 0.3) is 0 Å². The van der Waals surface area contributed by atoms with Crippen LogP contribution in [0.25, 0.3) is 0 Å². The van der Waals surface area contributed by atoms with Gasteiger partial charge >= 0.3 is 0 Å². The van der Waals surface area contributed by atoms with E-state index in [-0.39, 0.29) is 9.93 Å². The molecule has 0 saturated heterocycles. The van der Waals surface area contributed by atoms with Gasteiger partial charge < -0.3 is 4.43 Å². The fraction of sp³-hybridized carbons (Fsp3) is 1.00. The molecule has 0 rings (SSSR count). The molecule has 0 aliphatic rings. The maximum atomic E-state index is 5.53. The van der Waals surface area contributed by atoms with Gasteiger partial charge in [-0.25, -0.2) is 0 Å². The standard InChI is InChI=1S/C8H19BrOSi/c1-6(7(2,3)9)8(4,5)10-11/h6H,1-5,11H3. The molecule has 0 aliphatic carbocycles. The molecule has 0 aromatic heterocycles. The van der Waals surface area contributed by atoms with Gasteiger partial charge in [0.05, 0.1) is 5.60 Å². The Bertz CT molecular complexity index is 129. The van der Waals surface area contributed by atoms with Crippen LogP contribution in [0.5, 0.6) is 0 Å². The summed E-state index contributed by atoms with van der Waals surface area (Å²) in [4.78, 5) is 0. The van der Waals surface area contributed by atoms with Crippen molar-refractivity contribution >= 4 is 26.4 Å². The molecule has 0 bridgehead atoms. The topological polar surface area (TPSA) is 9.23 Å². The van der Waals surface area contributed by atoms with E-state index in [1.165, 1.54) is 0 Å². The Balaban J connectivity index is 4.35. The minimum Gasteiger partial charge on any atom is -0.423 e. The molecule has 0 aliphatic heterocycles. The molecule has 0 aromatic carbocycles. The zero-order valence-electron chi connectivity index (χ0n) is 8.36. The van der Waals surface area contributed by atoms with E-state index in [4.69, 9.17) is 4.43 Å². The molecule has 1 unspecified atom stereocenters. The highest BCUT2D eigenvalue weighted by atomic mass is 79.9. The molecule has 0 fully saturated rings. The number of halogens is 1. The van der Waals surface area contributed by atoms with E-state index in [1.54, 1.807) is 0 Å². The predicted molar refractivity (Wildman–Crippen MR) is 57.3 cm³/mol. The molecule has 68 valence electrons. The molecule has 1 atom stereocenters. The van der Waals surface area contributed by atoms with Crippen LogP contribution in [0, 0.1) is 5.92 Å². The second-order valence-corrected chi connectivity index (χ2v) is 6.55. The fourth-order valence-electron chi connectivity index (χ4n) is 1.00. The van der Waals surface area contributed by atoms with E-state index in [9.17, 15) is 0 Å². The monoisotopic (exact) mass is 238 g/mol. The summed E-state index contributed by atoms with van der Waals surface area (Å²) in [6, 6.07) is 0. The fourth-order valence-corrected chi connectivity index (χ4v) is 1.91. The molecule has 1 nitrogen and oxygen atoms in total. The van der Waals surface area contributed by atoms with Gasteiger partial charge in [-0.05, 0) is 33.6 Å². The Morgan fingerprint density at radius 3 is 1.73 bits per heavy atom. The van der Waals surface area contributed by atoms with Crippen LogP contribution in [-0.4, -0.2) is 20.4 Å². The molecule has 0 amide bonds. The summed E-state index contributed by atoms with van der Waals surface area (Å²) in [7, 11) is 0.808. The normalized spacial score (nSPS) is 16.9. The summed E-state index contributed by atoms with van der Waals surface area (Å²) >= 11 is 3.66. The lowest BCUT2D eigenvalue weighted by Crippen LogP contribution is -2.41. The lowest BCUT2D eigenvalue weighted by atomic mass is 9.84. The summed E-state index contributed by atoms with van der Waals surface area (Å²) in [6.07, 6.45) is 0. The van der Waals surface area contributed by atoms with Gasteiger partial charge in [-0.15, -0.1) is 0 Å². The second kappa shape index (κ2) is 3.58. The van der Waals surface area contributed by atoms with E-state index in [2.05, 4.69) is 50.5 Å². The molecule has 11 heavy (non-hydrogen) atoms. The smallest absolute Gasteiger partial charge is 0.146 e. The van der Waals surface area contributed by atoms with Crippen molar-refractivity contribution in [1.29, 1.82) is 0 Å². The third kappa shape index (κ3) is 3.26. The van der Waals surface area contributed by atoms with Crippen LogP contribution in [0.4, 0.5) is 0 Å². The average molecular weight is 239 g/mol. The molecule has 0 saturated carbocycles. The maximum Gasteiger partial charge on any atom is 0.146 e. The van der Waals surface area contributed by atoms with Crippen molar-refractivity contribution < 1.29 is 4.43 Å². The Kier molecular flexibility index (Phi) is 3.80. The third-order valence-corrected chi connectivity index (χ3v) is 4.34. The van der Waals surface area contributed by atoms with E-state index in [0.717, 1.165) is 10.5 Å². The van der Waals surface area contributed by atoms with Gasteiger partial charge in [0, 0.05) is 4.32 Å². The molecule has 0 radical (unpaired) electrons.